The third kappa shape index (κ3) is 5.52. The molecule has 1 amide bonds. The molecule has 0 bridgehead atoms. The quantitative estimate of drug-likeness (QED) is 0.831. The molecule has 1 rings (SSSR count). The van der Waals surface area contributed by atoms with Gasteiger partial charge in [0, 0.05) is 13.1 Å². The molecule has 1 heterocycles. The van der Waals surface area contributed by atoms with Crippen LogP contribution in [0.15, 0.2) is 0 Å². The number of rotatable bonds is 5. The molecule has 0 aliphatic carbocycles. The van der Waals surface area contributed by atoms with E-state index in [4.69, 9.17) is 0 Å². The second kappa shape index (κ2) is 7.28. The van der Waals surface area contributed by atoms with Crippen LogP contribution in [0.2, 0.25) is 0 Å². The molecule has 19 heavy (non-hydrogen) atoms. The van der Waals surface area contributed by atoms with Crippen LogP contribution in [0.3, 0.4) is 0 Å². The second-order valence-electron chi connectivity index (χ2n) is 7.01. The highest BCUT2D eigenvalue weighted by Crippen LogP contribution is 2.29. The molecule has 0 spiro atoms. The summed E-state index contributed by atoms with van der Waals surface area (Å²) in [5.74, 6) is 1.01. The van der Waals surface area contributed by atoms with E-state index < -0.39 is 0 Å². The third-order valence-electron chi connectivity index (χ3n) is 4.19. The Hall–Kier alpha value is -0.570. The molecule has 0 aromatic rings. The predicted molar refractivity (Wildman–Crippen MR) is 81.1 cm³/mol. The normalized spacial score (nSPS) is 24.3. The van der Waals surface area contributed by atoms with E-state index in [1.807, 2.05) is 4.90 Å². The van der Waals surface area contributed by atoms with Gasteiger partial charge in [-0.25, -0.2) is 0 Å². The molecule has 1 saturated heterocycles. The van der Waals surface area contributed by atoms with Crippen LogP contribution >= 0.6 is 0 Å². The molecule has 1 fully saturated rings. The number of hydrogen-bond donors (Lipinski definition) is 1. The van der Waals surface area contributed by atoms with Crippen LogP contribution in [0, 0.1) is 11.3 Å². The molecule has 3 nitrogen and oxygen atoms in total. The van der Waals surface area contributed by atoms with E-state index in [1.54, 1.807) is 0 Å². The maximum atomic E-state index is 12.4. The zero-order valence-corrected chi connectivity index (χ0v) is 13.5. The monoisotopic (exact) mass is 268 g/mol. The lowest BCUT2D eigenvalue weighted by atomic mass is 9.82. The molecule has 0 radical (unpaired) electrons. The Labute approximate surface area is 119 Å². The first-order valence-electron chi connectivity index (χ1n) is 7.89. The highest BCUT2D eigenvalue weighted by atomic mass is 16.2. The number of hydrogen-bond acceptors (Lipinski definition) is 2. The maximum absolute atomic E-state index is 12.4. The van der Waals surface area contributed by atoms with E-state index in [2.05, 4.69) is 39.9 Å². The summed E-state index contributed by atoms with van der Waals surface area (Å²) in [5, 5.41) is 3.40. The Balaban J connectivity index is 2.47. The summed E-state index contributed by atoms with van der Waals surface area (Å²) in [6.07, 6.45) is 4.75. The zero-order chi connectivity index (χ0) is 14.5. The molecule has 1 aliphatic heterocycles. The lowest BCUT2D eigenvalue weighted by Gasteiger charge is -2.34. The van der Waals surface area contributed by atoms with E-state index in [1.165, 1.54) is 19.3 Å². The molecule has 2 atom stereocenters. The Morgan fingerprint density at radius 2 is 1.89 bits per heavy atom. The van der Waals surface area contributed by atoms with Gasteiger partial charge in [0.1, 0.15) is 0 Å². The van der Waals surface area contributed by atoms with Crippen molar-refractivity contribution in [1.29, 1.82) is 0 Å². The Morgan fingerprint density at radius 1 is 1.26 bits per heavy atom. The van der Waals surface area contributed by atoms with Crippen LogP contribution in [0.25, 0.3) is 0 Å². The van der Waals surface area contributed by atoms with Gasteiger partial charge in [-0.3, -0.25) is 4.79 Å². The topological polar surface area (TPSA) is 32.3 Å². The fraction of sp³-hybridized carbons (Fsp3) is 0.938. The number of nitrogens with one attached hydrogen (secondary N) is 1. The second-order valence-corrected chi connectivity index (χ2v) is 7.01. The van der Waals surface area contributed by atoms with Gasteiger partial charge in [0.05, 0.1) is 6.04 Å². The van der Waals surface area contributed by atoms with Crippen molar-refractivity contribution in [3.05, 3.63) is 0 Å². The zero-order valence-electron chi connectivity index (χ0n) is 13.5. The molecular weight excluding hydrogens is 236 g/mol. The number of likely N-dealkylation sites (N-methyl/N-ethyl adjacent to an activating group) is 1. The van der Waals surface area contributed by atoms with Gasteiger partial charge in [0.15, 0.2) is 0 Å². The van der Waals surface area contributed by atoms with E-state index in [0.29, 0.717) is 17.2 Å². The Bertz CT molecular complexity index is 279. The fourth-order valence-corrected chi connectivity index (χ4v) is 2.84. The van der Waals surface area contributed by atoms with Crippen molar-refractivity contribution in [1.82, 2.24) is 10.2 Å². The summed E-state index contributed by atoms with van der Waals surface area (Å²) < 4.78 is 0. The largest absolute Gasteiger partial charge is 0.342 e. The molecule has 1 aliphatic rings. The Morgan fingerprint density at radius 3 is 2.42 bits per heavy atom. The average Bonchev–Trinajstić information content (AvgIpc) is 2.37. The SMILES string of the molecule is CCN(CC)C(=O)C1CC(CCC(C)(C)C)CCN1. The summed E-state index contributed by atoms with van der Waals surface area (Å²) in [6.45, 7) is 13.6. The van der Waals surface area contributed by atoms with E-state index in [0.717, 1.165) is 26.1 Å². The number of amides is 1. The van der Waals surface area contributed by atoms with Crippen LogP contribution < -0.4 is 5.32 Å². The van der Waals surface area contributed by atoms with Gasteiger partial charge < -0.3 is 10.2 Å². The lowest BCUT2D eigenvalue weighted by molar-refractivity contribution is -0.134. The first kappa shape index (κ1) is 16.5. The summed E-state index contributed by atoms with van der Waals surface area (Å²) >= 11 is 0. The molecule has 112 valence electrons. The fourth-order valence-electron chi connectivity index (χ4n) is 2.84. The van der Waals surface area contributed by atoms with Crippen molar-refractivity contribution in [2.24, 2.45) is 11.3 Å². The van der Waals surface area contributed by atoms with Crippen molar-refractivity contribution in [2.45, 2.75) is 66.3 Å². The van der Waals surface area contributed by atoms with Gasteiger partial charge >= 0.3 is 0 Å². The van der Waals surface area contributed by atoms with E-state index >= 15 is 0 Å². The summed E-state index contributed by atoms with van der Waals surface area (Å²) in [7, 11) is 0. The molecule has 0 aromatic carbocycles. The summed E-state index contributed by atoms with van der Waals surface area (Å²) in [4.78, 5) is 14.3. The minimum absolute atomic E-state index is 0.0543. The number of nitrogens with zero attached hydrogens (tertiary/aromatic N) is 1. The lowest BCUT2D eigenvalue weighted by Crippen LogP contribution is -2.50. The molecule has 1 N–H and O–H groups in total. The van der Waals surface area contributed by atoms with Crippen LogP contribution in [-0.4, -0.2) is 36.5 Å². The highest BCUT2D eigenvalue weighted by molar-refractivity contribution is 5.82. The van der Waals surface area contributed by atoms with Crippen molar-refractivity contribution in [2.75, 3.05) is 19.6 Å². The maximum Gasteiger partial charge on any atom is 0.239 e. The first-order chi connectivity index (χ1) is 8.87. The van der Waals surface area contributed by atoms with E-state index in [9.17, 15) is 4.79 Å². The van der Waals surface area contributed by atoms with Gasteiger partial charge in [-0.1, -0.05) is 20.8 Å². The van der Waals surface area contributed by atoms with Crippen molar-refractivity contribution >= 4 is 5.91 Å². The van der Waals surface area contributed by atoms with Gasteiger partial charge in [-0.05, 0) is 57.4 Å². The summed E-state index contributed by atoms with van der Waals surface area (Å²) in [5.41, 5.74) is 0.406. The first-order valence-corrected chi connectivity index (χ1v) is 7.89. The number of piperidine rings is 1. The minimum Gasteiger partial charge on any atom is -0.342 e. The standard InChI is InChI=1S/C16H32N2O/c1-6-18(7-2)15(19)14-12-13(9-11-17-14)8-10-16(3,4)5/h13-14,17H,6-12H2,1-5H3. The predicted octanol–water partition coefficient (Wildman–Crippen LogP) is 3.05. The highest BCUT2D eigenvalue weighted by Gasteiger charge is 2.29. The van der Waals surface area contributed by atoms with Crippen molar-refractivity contribution in [3.63, 3.8) is 0 Å². The van der Waals surface area contributed by atoms with E-state index in [-0.39, 0.29) is 6.04 Å². The van der Waals surface area contributed by atoms with Crippen molar-refractivity contribution < 1.29 is 4.79 Å². The Kier molecular flexibility index (Phi) is 6.31. The smallest absolute Gasteiger partial charge is 0.239 e. The molecule has 0 aromatic heterocycles. The summed E-state index contributed by atoms with van der Waals surface area (Å²) in [6, 6.07) is 0.0543. The van der Waals surface area contributed by atoms with Gasteiger partial charge in [0.25, 0.3) is 0 Å². The molecule has 2 unspecified atom stereocenters. The van der Waals surface area contributed by atoms with Crippen LogP contribution in [0.4, 0.5) is 0 Å². The van der Waals surface area contributed by atoms with Crippen LogP contribution in [-0.2, 0) is 4.79 Å². The van der Waals surface area contributed by atoms with Crippen LogP contribution in [0.5, 0.6) is 0 Å². The van der Waals surface area contributed by atoms with Crippen LogP contribution in [0.1, 0.15) is 60.3 Å². The average molecular weight is 268 g/mol. The van der Waals surface area contributed by atoms with Crippen molar-refractivity contribution in [3.8, 4) is 0 Å². The number of carbonyl (C=O) groups is 1. The molecule has 3 heteroatoms. The third-order valence-corrected chi connectivity index (χ3v) is 4.19. The number of carbonyl (C=O) groups excluding carboxylic acids is 1. The van der Waals surface area contributed by atoms with Gasteiger partial charge in [0.2, 0.25) is 5.91 Å². The van der Waals surface area contributed by atoms with Gasteiger partial charge in [-0.2, -0.15) is 0 Å². The van der Waals surface area contributed by atoms with Gasteiger partial charge in [-0.15, -0.1) is 0 Å². The molecule has 0 saturated carbocycles. The molecular formula is C16H32N2O. The minimum atomic E-state index is 0.0543.